The zero-order valence-corrected chi connectivity index (χ0v) is 11.4. The van der Waals surface area contributed by atoms with Crippen LogP contribution in [0.25, 0.3) is 0 Å². The van der Waals surface area contributed by atoms with E-state index >= 15 is 0 Å². The van der Waals surface area contributed by atoms with Gasteiger partial charge in [-0.3, -0.25) is 4.98 Å². The van der Waals surface area contributed by atoms with Crippen molar-refractivity contribution in [3.63, 3.8) is 0 Å². The maximum atomic E-state index is 4.33. The van der Waals surface area contributed by atoms with Crippen LogP contribution in [-0.2, 0) is 6.54 Å². The first-order valence-electron chi connectivity index (χ1n) is 5.13. The summed E-state index contributed by atoms with van der Waals surface area (Å²) >= 11 is 5.21. The molecule has 0 radical (unpaired) electrons. The average molecular weight is 297 g/mol. The number of nitrogens with zero attached hydrogens (tertiary/aromatic N) is 1. The summed E-state index contributed by atoms with van der Waals surface area (Å²) in [6.45, 7) is 3.01. The third kappa shape index (κ3) is 3.14. The highest BCUT2D eigenvalue weighted by atomic mass is 79.9. The van der Waals surface area contributed by atoms with E-state index in [1.165, 1.54) is 4.88 Å². The van der Waals surface area contributed by atoms with Crippen LogP contribution in [0.4, 0.5) is 0 Å². The number of rotatable bonds is 4. The van der Waals surface area contributed by atoms with Crippen molar-refractivity contribution in [2.75, 3.05) is 0 Å². The number of halogens is 1. The summed E-state index contributed by atoms with van der Waals surface area (Å²) in [5.74, 6) is 0. The van der Waals surface area contributed by atoms with Gasteiger partial charge in [-0.15, -0.1) is 11.3 Å². The average Bonchev–Trinajstić information content (AvgIpc) is 2.73. The van der Waals surface area contributed by atoms with Crippen LogP contribution >= 0.6 is 27.3 Å². The molecule has 0 aromatic carbocycles. The molecule has 0 unspecified atom stereocenters. The summed E-state index contributed by atoms with van der Waals surface area (Å²) in [7, 11) is 0. The molecule has 2 rings (SSSR count). The molecular formula is C12H13BrN2S. The third-order valence-corrected chi connectivity index (χ3v) is 4.03. The standard InChI is InChI=1S/C12H13BrN2S/c1-9(12-4-2-3-5-14-12)15-7-11-6-10(13)8-16-11/h2-6,8-9,15H,7H2,1H3/t9-/m0/s1. The van der Waals surface area contributed by atoms with Gasteiger partial charge in [0.2, 0.25) is 0 Å². The van der Waals surface area contributed by atoms with Gasteiger partial charge in [-0.2, -0.15) is 0 Å². The van der Waals surface area contributed by atoms with Gasteiger partial charge in [0, 0.05) is 33.5 Å². The van der Waals surface area contributed by atoms with Crippen molar-refractivity contribution in [3.05, 3.63) is 50.9 Å². The van der Waals surface area contributed by atoms with E-state index in [0.29, 0.717) is 0 Å². The molecule has 4 heteroatoms. The minimum atomic E-state index is 0.280. The molecule has 0 bridgehead atoms. The number of hydrogen-bond acceptors (Lipinski definition) is 3. The van der Waals surface area contributed by atoms with Gasteiger partial charge in [0.05, 0.1) is 5.69 Å². The molecule has 0 saturated heterocycles. The van der Waals surface area contributed by atoms with Crippen molar-refractivity contribution in [1.82, 2.24) is 10.3 Å². The first-order valence-corrected chi connectivity index (χ1v) is 6.80. The number of aromatic nitrogens is 1. The van der Waals surface area contributed by atoms with Crippen LogP contribution in [0.15, 0.2) is 40.3 Å². The van der Waals surface area contributed by atoms with Crippen LogP contribution in [-0.4, -0.2) is 4.98 Å². The van der Waals surface area contributed by atoms with Crippen LogP contribution in [0.1, 0.15) is 23.5 Å². The Labute approximate surface area is 108 Å². The SMILES string of the molecule is C[C@H](NCc1cc(Br)cs1)c1ccccn1. The third-order valence-electron chi connectivity index (χ3n) is 2.34. The Morgan fingerprint density at radius 2 is 2.38 bits per heavy atom. The second kappa shape index (κ2) is 5.57. The second-order valence-corrected chi connectivity index (χ2v) is 5.50. The van der Waals surface area contributed by atoms with Crippen LogP contribution in [0.2, 0.25) is 0 Å². The highest BCUT2D eigenvalue weighted by molar-refractivity contribution is 9.10. The van der Waals surface area contributed by atoms with Gasteiger partial charge in [-0.1, -0.05) is 6.07 Å². The summed E-state index contributed by atoms with van der Waals surface area (Å²) < 4.78 is 1.15. The van der Waals surface area contributed by atoms with Crippen molar-refractivity contribution in [2.24, 2.45) is 0 Å². The van der Waals surface area contributed by atoms with Crippen molar-refractivity contribution in [3.8, 4) is 0 Å². The number of hydrogen-bond donors (Lipinski definition) is 1. The van der Waals surface area contributed by atoms with Gasteiger partial charge in [0.1, 0.15) is 0 Å². The van der Waals surface area contributed by atoms with E-state index in [2.05, 4.69) is 44.6 Å². The number of thiophene rings is 1. The molecule has 0 aliphatic heterocycles. The van der Waals surface area contributed by atoms with Crippen molar-refractivity contribution in [1.29, 1.82) is 0 Å². The zero-order chi connectivity index (χ0) is 11.4. The topological polar surface area (TPSA) is 24.9 Å². The minimum Gasteiger partial charge on any atom is -0.304 e. The molecule has 2 heterocycles. The molecule has 2 aromatic heterocycles. The van der Waals surface area contributed by atoms with Crippen molar-refractivity contribution < 1.29 is 0 Å². The summed E-state index contributed by atoms with van der Waals surface area (Å²) in [5, 5.41) is 5.56. The maximum Gasteiger partial charge on any atom is 0.0570 e. The van der Waals surface area contributed by atoms with E-state index in [9.17, 15) is 0 Å². The van der Waals surface area contributed by atoms with Crippen molar-refractivity contribution in [2.45, 2.75) is 19.5 Å². The summed E-state index contributed by atoms with van der Waals surface area (Å²) in [5.41, 5.74) is 1.08. The van der Waals surface area contributed by atoms with E-state index in [4.69, 9.17) is 0 Å². The molecule has 1 N–H and O–H groups in total. The lowest BCUT2D eigenvalue weighted by Crippen LogP contribution is -2.18. The van der Waals surface area contributed by atoms with Gasteiger partial charge < -0.3 is 5.32 Å². The maximum absolute atomic E-state index is 4.33. The first kappa shape index (κ1) is 11.8. The quantitative estimate of drug-likeness (QED) is 0.929. The summed E-state index contributed by atoms with van der Waals surface area (Å²) in [4.78, 5) is 5.66. The lowest BCUT2D eigenvalue weighted by Gasteiger charge is -2.11. The highest BCUT2D eigenvalue weighted by Crippen LogP contribution is 2.20. The van der Waals surface area contributed by atoms with Crippen LogP contribution in [0, 0.1) is 0 Å². The van der Waals surface area contributed by atoms with E-state index in [1.807, 2.05) is 24.4 Å². The fraction of sp³-hybridized carbons (Fsp3) is 0.250. The molecular weight excluding hydrogens is 284 g/mol. The Kier molecular flexibility index (Phi) is 4.09. The number of nitrogens with one attached hydrogen (secondary N) is 1. The fourth-order valence-corrected chi connectivity index (χ4v) is 2.84. The summed E-state index contributed by atoms with van der Waals surface area (Å²) in [6, 6.07) is 8.42. The van der Waals surface area contributed by atoms with Gasteiger partial charge in [0.25, 0.3) is 0 Å². The predicted octanol–water partition coefficient (Wildman–Crippen LogP) is 3.76. The molecule has 16 heavy (non-hydrogen) atoms. The summed E-state index contributed by atoms with van der Waals surface area (Å²) in [6.07, 6.45) is 1.83. The first-order chi connectivity index (χ1) is 7.75. The van der Waals surface area contributed by atoms with Crippen LogP contribution in [0.3, 0.4) is 0 Å². The Morgan fingerprint density at radius 3 is 3.00 bits per heavy atom. The molecule has 84 valence electrons. The molecule has 0 amide bonds. The van der Waals surface area contributed by atoms with Gasteiger partial charge in [0.15, 0.2) is 0 Å². The molecule has 2 aromatic rings. The Hall–Kier alpha value is -0.710. The fourth-order valence-electron chi connectivity index (χ4n) is 1.44. The van der Waals surface area contributed by atoms with Gasteiger partial charge >= 0.3 is 0 Å². The molecule has 1 atom stereocenters. The monoisotopic (exact) mass is 296 g/mol. The molecule has 0 spiro atoms. The van der Waals surface area contributed by atoms with E-state index in [-0.39, 0.29) is 6.04 Å². The molecule has 0 fully saturated rings. The van der Waals surface area contributed by atoms with Crippen LogP contribution < -0.4 is 5.32 Å². The zero-order valence-electron chi connectivity index (χ0n) is 8.98. The second-order valence-electron chi connectivity index (χ2n) is 3.59. The lowest BCUT2D eigenvalue weighted by molar-refractivity contribution is 0.565. The molecule has 0 aliphatic rings. The number of pyridine rings is 1. The Bertz CT molecular complexity index is 441. The lowest BCUT2D eigenvalue weighted by atomic mass is 10.2. The van der Waals surface area contributed by atoms with E-state index in [1.54, 1.807) is 11.3 Å². The molecule has 0 aliphatic carbocycles. The van der Waals surface area contributed by atoms with Gasteiger partial charge in [-0.05, 0) is 41.1 Å². The highest BCUT2D eigenvalue weighted by Gasteiger charge is 2.05. The smallest absolute Gasteiger partial charge is 0.0570 e. The van der Waals surface area contributed by atoms with Crippen LogP contribution in [0.5, 0.6) is 0 Å². The van der Waals surface area contributed by atoms with Gasteiger partial charge in [-0.25, -0.2) is 0 Å². The van der Waals surface area contributed by atoms with E-state index in [0.717, 1.165) is 16.7 Å². The van der Waals surface area contributed by atoms with E-state index < -0.39 is 0 Å². The largest absolute Gasteiger partial charge is 0.304 e. The molecule has 2 nitrogen and oxygen atoms in total. The Balaban J connectivity index is 1.91. The predicted molar refractivity (Wildman–Crippen MR) is 71.5 cm³/mol. The molecule has 0 saturated carbocycles. The Morgan fingerprint density at radius 1 is 1.50 bits per heavy atom. The minimum absolute atomic E-state index is 0.280. The normalized spacial score (nSPS) is 12.6. The van der Waals surface area contributed by atoms with Crippen molar-refractivity contribution >= 4 is 27.3 Å².